The lowest BCUT2D eigenvalue weighted by molar-refractivity contribution is -0.151. The Labute approximate surface area is 107 Å². The van der Waals surface area contributed by atoms with Crippen LogP contribution < -0.4 is 5.32 Å². The van der Waals surface area contributed by atoms with E-state index in [1.54, 1.807) is 7.11 Å². The van der Waals surface area contributed by atoms with Gasteiger partial charge >= 0.3 is 5.97 Å². The van der Waals surface area contributed by atoms with Gasteiger partial charge in [0, 0.05) is 20.3 Å². The van der Waals surface area contributed by atoms with Crippen LogP contribution in [0.4, 0.5) is 0 Å². The normalized spacial score (nSPS) is 22.9. The lowest BCUT2D eigenvalue weighted by atomic mass is 10.2. The summed E-state index contributed by atoms with van der Waals surface area (Å²) in [5.74, 6) is -1.20. The van der Waals surface area contributed by atoms with Crippen molar-refractivity contribution in [2.24, 2.45) is 0 Å². The summed E-state index contributed by atoms with van der Waals surface area (Å²) < 4.78 is 10.1. The van der Waals surface area contributed by atoms with Gasteiger partial charge in [0.2, 0.25) is 5.91 Å². The molecule has 1 aliphatic heterocycles. The topological polar surface area (TPSA) is 84.9 Å². The van der Waals surface area contributed by atoms with Crippen LogP contribution in [0.3, 0.4) is 0 Å². The van der Waals surface area contributed by atoms with Crippen molar-refractivity contribution in [2.75, 3.05) is 20.3 Å². The molecule has 0 bridgehead atoms. The molecule has 104 valence electrons. The molecule has 2 N–H and O–H groups in total. The molecular weight excluding hydrogens is 238 g/mol. The Morgan fingerprint density at radius 2 is 2.00 bits per heavy atom. The van der Waals surface area contributed by atoms with Gasteiger partial charge in [-0.2, -0.15) is 0 Å². The Balaban J connectivity index is 2.09. The minimum absolute atomic E-state index is 0.203. The van der Waals surface area contributed by atoms with Crippen LogP contribution >= 0.6 is 0 Å². The zero-order valence-corrected chi connectivity index (χ0v) is 10.7. The SMILES string of the molecule is COCCCCCNC(=O)[C@@H]1CC[C@H](C(=O)O)O1. The number of hydrogen-bond donors (Lipinski definition) is 2. The quantitative estimate of drug-likeness (QED) is 0.622. The molecule has 1 fully saturated rings. The molecule has 0 aromatic carbocycles. The van der Waals surface area contributed by atoms with Gasteiger partial charge in [-0.25, -0.2) is 4.79 Å². The van der Waals surface area contributed by atoms with E-state index in [0.717, 1.165) is 25.9 Å². The van der Waals surface area contributed by atoms with Gasteiger partial charge in [0.25, 0.3) is 0 Å². The number of carbonyl (C=O) groups excluding carboxylic acids is 1. The third-order valence-corrected chi connectivity index (χ3v) is 2.91. The predicted octanol–water partition coefficient (Wildman–Crippen LogP) is 0.551. The molecule has 2 atom stereocenters. The van der Waals surface area contributed by atoms with E-state index in [4.69, 9.17) is 14.6 Å². The Hall–Kier alpha value is -1.14. The molecular formula is C12H21NO5. The Morgan fingerprint density at radius 3 is 2.61 bits per heavy atom. The summed E-state index contributed by atoms with van der Waals surface area (Å²) in [5, 5.41) is 11.5. The highest BCUT2D eigenvalue weighted by atomic mass is 16.5. The summed E-state index contributed by atoms with van der Waals surface area (Å²) in [4.78, 5) is 22.3. The van der Waals surface area contributed by atoms with E-state index in [1.807, 2.05) is 0 Å². The molecule has 0 radical (unpaired) electrons. The Bertz CT molecular complexity index is 282. The van der Waals surface area contributed by atoms with Crippen molar-refractivity contribution in [1.29, 1.82) is 0 Å². The Kier molecular flexibility index (Phi) is 6.67. The third-order valence-electron chi connectivity index (χ3n) is 2.91. The molecule has 0 spiro atoms. The number of hydrogen-bond acceptors (Lipinski definition) is 4. The molecule has 6 nitrogen and oxygen atoms in total. The van der Waals surface area contributed by atoms with Crippen molar-refractivity contribution in [3.8, 4) is 0 Å². The number of nitrogens with one attached hydrogen (secondary N) is 1. The molecule has 1 amide bonds. The first-order chi connectivity index (χ1) is 8.65. The molecule has 1 rings (SSSR count). The van der Waals surface area contributed by atoms with E-state index in [0.29, 0.717) is 19.4 Å². The largest absolute Gasteiger partial charge is 0.479 e. The highest BCUT2D eigenvalue weighted by Crippen LogP contribution is 2.19. The predicted molar refractivity (Wildman–Crippen MR) is 64.3 cm³/mol. The van der Waals surface area contributed by atoms with Gasteiger partial charge in [-0.15, -0.1) is 0 Å². The summed E-state index contributed by atoms with van der Waals surface area (Å²) >= 11 is 0. The Morgan fingerprint density at radius 1 is 1.28 bits per heavy atom. The number of unbranched alkanes of at least 4 members (excludes halogenated alkanes) is 2. The lowest BCUT2D eigenvalue weighted by Crippen LogP contribution is -2.36. The molecule has 1 heterocycles. The molecule has 0 saturated carbocycles. The second-order valence-electron chi connectivity index (χ2n) is 4.37. The summed E-state index contributed by atoms with van der Waals surface area (Å²) in [7, 11) is 1.66. The maximum absolute atomic E-state index is 11.6. The van der Waals surface area contributed by atoms with E-state index in [2.05, 4.69) is 5.32 Å². The van der Waals surface area contributed by atoms with E-state index in [9.17, 15) is 9.59 Å². The second-order valence-corrected chi connectivity index (χ2v) is 4.37. The zero-order chi connectivity index (χ0) is 13.4. The maximum atomic E-state index is 11.6. The van der Waals surface area contributed by atoms with E-state index in [-0.39, 0.29) is 5.91 Å². The molecule has 1 saturated heterocycles. The summed E-state index contributed by atoms with van der Waals surface area (Å²) in [5.41, 5.74) is 0. The number of rotatable bonds is 8. The van der Waals surface area contributed by atoms with Crippen LogP contribution in [0.5, 0.6) is 0 Å². The number of carboxylic acids is 1. The minimum Gasteiger partial charge on any atom is -0.479 e. The van der Waals surface area contributed by atoms with Crippen LogP contribution in [0.1, 0.15) is 32.1 Å². The number of ether oxygens (including phenoxy) is 2. The average molecular weight is 259 g/mol. The number of carbonyl (C=O) groups is 2. The first-order valence-corrected chi connectivity index (χ1v) is 6.30. The van der Waals surface area contributed by atoms with Crippen LogP contribution in [0.2, 0.25) is 0 Å². The molecule has 18 heavy (non-hydrogen) atoms. The fourth-order valence-electron chi connectivity index (χ4n) is 1.89. The van der Waals surface area contributed by atoms with Crippen molar-refractivity contribution in [1.82, 2.24) is 5.32 Å². The monoisotopic (exact) mass is 259 g/mol. The number of aliphatic carboxylic acids is 1. The standard InChI is InChI=1S/C12H21NO5/c1-17-8-4-2-3-7-13-11(14)9-5-6-10(18-9)12(15)16/h9-10H,2-8H2,1H3,(H,13,14)(H,15,16)/t9-,10+/m0/s1. The first kappa shape index (κ1) is 14.9. The maximum Gasteiger partial charge on any atom is 0.332 e. The molecule has 0 aliphatic carbocycles. The van der Waals surface area contributed by atoms with Crippen LogP contribution in [0.25, 0.3) is 0 Å². The average Bonchev–Trinajstić information content (AvgIpc) is 2.83. The summed E-state index contributed by atoms with van der Waals surface area (Å²) in [6.07, 6.45) is 2.32. The van der Waals surface area contributed by atoms with Gasteiger partial charge in [-0.05, 0) is 32.1 Å². The van der Waals surface area contributed by atoms with Crippen molar-refractivity contribution in [3.05, 3.63) is 0 Å². The van der Waals surface area contributed by atoms with E-state index in [1.165, 1.54) is 0 Å². The van der Waals surface area contributed by atoms with Gasteiger partial charge in [0.05, 0.1) is 0 Å². The van der Waals surface area contributed by atoms with Crippen LogP contribution in [0.15, 0.2) is 0 Å². The number of amides is 1. The van der Waals surface area contributed by atoms with Crippen molar-refractivity contribution >= 4 is 11.9 Å². The van der Waals surface area contributed by atoms with E-state index >= 15 is 0 Å². The van der Waals surface area contributed by atoms with Crippen LogP contribution in [-0.4, -0.2) is 49.5 Å². The van der Waals surface area contributed by atoms with Gasteiger partial charge in [-0.3, -0.25) is 4.79 Å². The van der Waals surface area contributed by atoms with Gasteiger partial charge in [-0.1, -0.05) is 0 Å². The number of methoxy groups -OCH3 is 1. The summed E-state index contributed by atoms with van der Waals surface area (Å²) in [6, 6.07) is 0. The third kappa shape index (κ3) is 5.01. The molecule has 6 heteroatoms. The van der Waals surface area contributed by atoms with Gasteiger partial charge < -0.3 is 19.9 Å². The van der Waals surface area contributed by atoms with Crippen LogP contribution in [-0.2, 0) is 19.1 Å². The van der Waals surface area contributed by atoms with Gasteiger partial charge in [0.15, 0.2) is 6.10 Å². The highest BCUT2D eigenvalue weighted by molar-refractivity contribution is 5.82. The fraction of sp³-hybridized carbons (Fsp3) is 0.833. The highest BCUT2D eigenvalue weighted by Gasteiger charge is 2.34. The van der Waals surface area contributed by atoms with Crippen LogP contribution in [0, 0.1) is 0 Å². The fourth-order valence-corrected chi connectivity index (χ4v) is 1.89. The van der Waals surface area contributed by atoms with E-state index < -0.39 is 18.2 Å². The van der Waals surface area contributed by atoms with Crippen molar-refractivity contribution < 1.29 is 24.2 Å². The molecule has 0 aromatic rings. The zero-order valence-electron chi connectivity index (χ0n) is 10.7. The minimum atomic E-state index is -0.995. The van der Waals surface area contributed by atoms with Gasteiger partial charge in [0.1, 0.15) is 6.10 Å². The second kappa shape index (κ2) is 8.05. The van der Waals surface area contributed by atoms with Crippen molar-refractivity contribution in [3.63, 3.8) is 0 Å². The molecule has 0 unspecified atom stereocenters. The molecule has 1 aliphatic rings. The number of carboxylic acid groups (broad SMARTS) is 1. The molecule has 0 aromatic heterocycles. The lowest BCUT2D eigenvalue weighted by Gasteiger charge is -2.11. The summed E-state index contributed by atoms with van der Waals surface area (Å²) in [6.45, 7) is 1.33. The first-order valence-electron chi connectivity index (χ1n) is 6.30. The van der Waals surface area contributed by atoms with Crippen molar-refractivity contribution in [2.45, 2.75) is 44.3 Å². The smallest absolute Gasteiger partial charge is 0.332 e.